The van der Waals surface area contributed by atoms with Crippen molar-refractivity contribution in [3.05, 3.63) is 35.9 Å². The van der Waals surface area contributed by atoms with Gasteiger partial charge in [0.05, 0.1) is 5.69 Å². The van der Waals surface area contributed by atoms with E-state index in [-0.39, 0.29) is 0 Å². The molecule has 0 atom stereocenters. The van der Waals surface area contributed by atoms with Crippen LogP contribution in [0.3, 0.4) is 0 Å². The molecule has 1 aliphatic rings. The zero-order valence-electron chi connectivity index (χ0n) is 10.8. The van der Waals surface area contributed by atoms with Crippen molar-refractivity contribution in [3.63, 3.8) is 0 Å². The van der Waals surface area contributed by atoms with Gasteiger partial charge in [0.15, 0.2) is 0 Å². The van der Waals surface area contributed by atoms with Gasteiger partial charge in [0.25, 0.3) is 0 Å². The van der Waals surface area contributed by atoms with Crippen LogP contribution in [0.4, 0.5) is 5.69 Å². The minimum absolute atomic E-state index is 0.805. The molecule has 96 valence electrons. The average molecular weight is 244 g/mol. The van der Waals surface area contributed by atoms with E-state index in [9.17, 15) is 0 Å². The highest BCUT2D eigenvalue weighted by molar-refractivity contribution is 5.84. The molecule has 2 N–H and O–H groups in total. The van der Waals surface area contributed by atoms with Crippen molar-refractivity contribution in [2.24, 2.45) is 10.9 Å². The number of nitrogens with two attached hydrogens (primary N) is 1. The largest absolute Gasteiger partial charge is 0.249 e. The molecule has 0 saturated heterocycles. The third-order valence-electron chi connectivity index (χ3n) is 2.92. The topological polar surface area (TPSA) is 44.9 Å². The molecule has 1 aromatic carbocycles. The van der Waals surface area contributed by atoms with Crippen molar-refractivity contribution in [2.75, 3.05) is 11.7 Å². The Morgan fingerprint density at radius 2 is 2.11 bits per heavy atom. The SMILES string of the molecule is CCCCCN(N)N1N=CC=Cc2ccccc21. The van der Waals surface area contributed by atoms with Crippen LogP contribution in [0.15, 0.2) is 35.4 Å². The maximum atomic E-state index is 6.09. The molecular weight excluding hydrogens is 224 g/mol. The van der Waals surface area contributed by atoms with E-state index in [1.165, 1.54) is 12.8 Å². The van der Waals surface area contributed by atoms with Gasteiger partial charge in [-0.2, -0.15) is 10.2 Å². The summed E-state index contributed by atoms with van der Waals surface area (Å²) in [5.41, 5.74) is 2.14. The standard InChI is InChI=1S/C14H20N4/c1-2-3-6-12-17(15)18-14-10-5-4-8-13(14)9-7-11-16-18/h4-5,7-11H,2-3,6,12,15H2,1H3. The first kappa shape index (κ1) is 12.8. The van der Waals surface area contributed by atoms with Crippen molar-refractivity contribution in [2.45, 2.75) is 26.2 Å². The molecular formula is C14H20N4. The Balaban J connectivity index is 2.13. The van der Waals surface area contributed by atoms with E-state index in [1.807, 2.05) is 30.4 Å². The number of rotatable bonds is 5. The van der Waals surface area contributed by atoms with Crippen LogP contribution in [-0.2, 0) is 0 Å². The second kappa shape index (κ2) is 6.33. The Hall–Kier alpha value is -1.65. The minimum Gasteiger partial charge on any atom is -0.249 e. The number of benzene rings is 1. The Morgan fingerprint density at radius 3 is 2.94 bits per heavy atom. The van der Waals surface area contributed by atoms with E-state index < -0.39 is 0 Å². The summed E-state index contributed by atoms with van der Waals surface area (Å²) in [5, 5.41) is 7.81. The number of hydrogen-bond acceptors (Lipinski definition) is 4. The molecule has 0 aromatic heterocycles. The summed E-state index contributed by atoms with van der Waals surface area (Å²) in [6, 6.07) is 8.11. The lowest BCUT2D eigenvalue weighted by atomic mass is 10.1. The summed E-state index contributed by atoms with van der Waals surface area (Å²) in [6.45, 7) is 2.99. The normalized spacial score (nSPS) is 13.8. The molecule has 0 saturated carbocycles. The second-order valence-corrected chi connectivity index (χ2v) is 4.34. The number of anilines is 1. The average Bonchev–Trinajstić information content (AvgIpc) is 2.61. The van der Waals surface area contributed by atoms with E-state index in [0.29, 0.717) is 0 Å². The molecule has 0 fully saturated rings. The molecule has 4 nitrogen and oxygen atoms in total. The van der Waals surface area contributed by atoms with E-state index >= 15 is 0 Å². The highest BCUT2D eigenvalue weighted by Gasteiger charge is 2.15. The summed E-state index contributed by atoms with van der Waals surface area (Å²) in [4.78, 5) is 0. The van der Waals surface area contributed by atoms with Gasteiger partial charge in [-0.05, 0) is 18.6 Å². The Labute approximate surface area is 108 Å². The zero-order chi connectivity index (χ0) is 12.8. The molecule has 1 heterocycles. The van der Waals surface area contributed by atoms with Gasteiger partial charge in [0, 0.05) is 18.3 Å². The van der Waals surface area contributed by atoms with Gasteiger partial charge in [-0.15, -0.1) is 5.12 Å². The molecule has 0 aliphatic carbocycles. The number of allylic oxidation sites excluding steroid dienone is 1. The monoisotopic (exact) mass is 244 g/mol. The van der Waals surface area contributed by atoms with E-state index in [0.717, 1.165) is 24.2 Å². The van der Waals surface area contributed by atoms with Crippen LogP contribution in [0, 0.1) is 0 Å². The van der Waals surface area contributed by atoms with Crippen LogP contribution in [0.25, 0.3) is 6.08 Å². The quantitative estimate of drug-likeness (QED) is 0.492. The predicted octanol–water partition coefficient (Wildman–Crippen LogP) is 2.79. The summed E-state index contributed by atoms with van der Waals surface area (Å²) >= 11 is 0. The lowest BCUT2D eigenvalue weighted by molar-refractivity contribution is 0.254. The molecule has 18 heavy (non-hydrogen) atoms. The van der Waals surface area contributed by atoms with Crippen LogP contribution >= 0.6 is 0 Å². The number of fused-ring (bicyclic) bond motifs is 1. The fourth-order valence-corrected chi connectivity index (χ4v) is 1.94. The summed E-state index contributed by atoms with van der Waals surface area (Å²) < 4.78 is 0. The molecule has 1 aliphatic heterocycles. The van der Waals surface area contributed by atoms with Gasteiger partial charge in [-0.3, -0.25) is 0 Å². The van der Waals surface area contributed by atoms with Crippen LogP contribution in [0.2, 0.25) is 0 Å². The summed E-state index contributed by atoms with van der Waals surface area (Å²) in [5.74, 6) is 6.09. The van der Waals surface area contributed by atoms with Crippen LogP contribution in [0.1, 0.15) is 31.7 Å². The van der Waals surface area contributed by atoms with Gasteiger partial charge in [-0.1, -0.05) is 44.0 Å². The number of hydrazone groups is 1. The Kier molecular flexibility index (Phi) is 4.50. The summed E-state index contributed by atoms with van der Waals surface area (Å²) in [6.07, 6.45) is 9.19. The highest BCUT2D eigenvalue weighted by Crippen LogP contribution is 2.24. The third kappa shape index (κ3) is 2.97. The van der Waals surface area contributed by atoms with Gasteiger partial charge in [-0.25, -0.2) is 5.84 Å². The number of para-hydroxylation sites is 1. The first-order chi connectivity index (χ1) is 8.83. The molecule has 0 spiro atoms. The van der Waals surface area contributed by atoms with Crippen molar-refractivity contribution >= 4 is 18.0 Å². The lowest BCUT2D eigenvalue weighted by Gasteiger charge is -2.28. The first-order valence-electron chi connectivity index (χ1n) is 6.45. The number of nitrogens with zero attached hydrogens (tertiary/aromatic N) is 3. The first-order valence-corrected chi connectivity index (χ1v) is 6.45. The molecule has 2 rings (SSSR count). The van der Waals surface area contributed by atoms with Crippen molar-refractivity contribution < 1.29 is 0 Å². The van der Waals surface area contributed by atoms with Crippen molar-refractivity contribution in [1.29, 1.82) is 0 Å². The van der Waals surface area contributed by atoms with Crippen LogP contribution in [-0.4, -0.2) is 17.9 Å². The maximum Gasteiger partial charge on any atom is 0.0868 e. The van der Waals surface area contributed by atoms with Gasteiger partial charge in [0.2, 0.25) is 0 Å². The molecule has 0 unspecified atom stereocenters. The zero-order valence-corrected chi connectivity index (χ0v) is 10.8. The lowest BCUT2D eigenvalue weighted by Crippen LogP contribution is -2.45. The minimum atomic E-state index is 0.805. The fourth-order valence-electron chi connectivity index (χ4n) is 1.94. The smallest absolute Gasteiger partial charge is 0.0868 e. The highest BCUT2D eigenvalue weighted by atomic mass is 15.9. The van der Waals surface area contributed by atoms with Crippen molar-refractivity contribution in [1.82, 2.24) is 5.12 Å². The second-order valence-electron chi connectivity index (χ2n) is 4.34. The van der Waals surface area contributed by atoms with Gasteiger partial charge < -0.3 is 0 Å². The maximum absolute atomic E-state index is 6.09. The molecule has 0 radical (unpaired) electrons. The van der Waals surface area contributed by atoms with Crippen LogP contribution < -0.4 is 11.0 Å². The van der Waals surface area contributed by atoms with Gasteiger partial charge in [0.1, 0.15) is 0 Å². The fraction of sp³-hybridized carbons (Fsp3) is 0.357. The molecule has 0 amide bonds. The van der Waals surface area contributed by atoms with E-state index in [2.05, 4.69) is 18.1 Å². The van der Waals surface area contributed by atoms with Gasteiger partial charge >= 0.3 is 0 Å². The van der Waals surface area contributed by atoms with Crippen molar-refractivity contribution in [3.8, 4) is 0 Å². The predicted molar refractivity (Wildman–Crippen MR) is 76.9 cm³/mol. The van der Waals surface area contributed by atoms with Crippen LogP contribution in [0.5, 0.6) is 0 Å². The third-order valence-corrected chi connectivity index (χ3v) is 2.92. The van der Waals surface area contributed by atoms with E-state index in [4.69, 9.17) is 5.84 Å². The summed E-state index contributed by atoms with van der Waals surface area (Å²) in [7, 11) is 0. The van der Waals surface area contributed by atoms with E-state index in [1.54, 1.807) is 16.5 Å². The molecule has 1 aromatic rings. The molecule has 0 bridgehead atoms. The Morgan fingerprint density at radius 1 is 1.28 bits per heavy atom. The number of hydrazine groups is 2. The number of unbranched alkanes of at least 4 members (excludes halogenated alkanes) is 2. The number of hydrogen-bond donors (Lipinski definition) is 1. The molecule has 4 heteroatoms. The Bertz CT molecular complexity index is 439.